The minimum absolute atomic E-state index is 0.481. The van der Waals surface area contributed by atoms with Crippen LogP contribution >= 0.6 is 0 Å². The monoisotopic (exact) mass is 361 g/mol. The average molecular weight is 361 g/mol. The number of H-pyrrole nitrogens is 1. The first-order valence-electron chi connectivity index (χ1n) is 8.94. The van der Waals surface area contributed by atoms with Crippen molar-refractivity contribution in [2.45, 2.75) is 0 Å². The fraction of sp³-hybridized carbons (Fsp3) is 0. The van der Waals surface area contributed by atoms with Gasteiger partial charge >= 0.3 is 0 Å². The van der Waals surface area contributed by atoms with Gasteiger partial charge in [0, 0.05) is 5.56 Å². The molecule has 0 unspecified atom stereocenters. The Morgan fingerprint density at radius 2 is 1.46 bits per heavy atom. The van der Waals surface area contributed by atoms with Crippen LogP contribution in [0.5, 0.6) is 0 Å². The molecule has 0 aliphatic carbocycles. The molecule has 0 bridgehead atoms. The molecule has 0 amide bonds. The van der Waals surface area contributed by atoms with Crippen molar-refractivity contribution in [1.29, 1.82) is 5.26 Å². The number of aromatic nitrogens is 2. The minimum Gasteiger partial charge on any atom is -0.338 e. The van der Waals surface area contributed by atoms with E-state index in [4.69, 9.17) is 0 Å². The predicted molar refractivity (Wildman–Crippen MR) is 110 cm³/mol. The zero-order valence-corrected chi connectivity index (χ0v) is 14.9. The van der Waals surface area contributed by atoms with Crippen LogP contribution in [0.4, 0.5) is 11.4 Å². The van der Waals surface area contributed by atoms with Crippen LogP contribution < -0.4 is 0 Å². The van der Waals surface area contributed by atoms with Crippen molar-refractivity contribution in [3.63, 3.8) is 0 Å². The molecule has 0 atom stereocenters. The topological polar surface area (TPSA) is 68.7 Å². The van der Waals surface area contributed by atoms with Gasteiger partial charge in [0.05, 0.1) is 22.4 Å². The Labute approximate surface area is 161 Å². The van der Waals surface area contributed by atoms with E-state index in [1.807, 2.05) is 84.9 Å². The lowest BCUT2D eigenvalue weighted by Gasteiger charge is -2.04. The zero-order chi connectivity index (χ0) is 18.9. The third kappa shape index (κ3) is 2.48. The summed E-state index contributed by atoms with van der Waals surface area (Å²) in [5.41, 5.74) is 6.31. The van der Waals surface area contributed by atoms with E-state index < -0.39 is 0 Å². The molecule has 2 heterocycles. The number of imidazole rings is 1. The van der Waals surface area contributed by atoms with Gasteiger partial charge in [-0.25, -0.2) is 0 Å². The molecule has 0 aliphatic rings. The van der Waals surface area contributed by atoms with Gasteiger partial charge in [-0.05, 0) is 24.3 Å². The number of rotatable bonds is 3. The summed E-state index contributed by atoms with van der Waals surface area (Å²) in [6.45, 7) is 0. The molecule has 3 aromatic carbocycles. The second-order valence-electron chi connectivity index (χ2n) is 6.41. The largest absolute Gasteiger partial charge is 0.338 e. The van der Waals surface area contributed by atoms with Gasteiger partial charge in [-0.15, -0.1) is 5.11 Å². The first-order chi connectivity index (χ1) is 13.9. The molecule has 0 fully saturated rings. The van der Waals surface area contributed by atoms with Crippen LogP contribution in [0.25, 0.3) is 27.9 Å². The van der Waals surface area contributed by atoms with Crippen LogP contribution in [0.3, 0.4) is 0 Å². The lowest BCUT2D eigenvalue weighted by Crippen LogP contribution is -1.85. The van der Waals surface area contributed by atoms with Crippen LogP contribution in [-0.2, 0) is 0 Å². The van der Waals surface area contributed by atoms with Crippen LogP contribution in [0.1, 0.15) is 5.56 Å². The number of nitrogens with zero attached hydrogens (tertiary/aromatic N) is 4. The Morgan fingerprint density at radius 1 is 0.786 bits per heavy atom. The number of benzene rings is 3. The SMILES string of the molecule is N#Cc1c(N=Nc2ccccc2)c(-c2ccccc2)n2c1[nH]c1ccccc12. The van der Waals surface area contributed by atoms with Crippen LogP contribution in [0, 0.1) is 11.3 Å². The van der Waals surface area contributed by atoms with Gasteiger partial charge in [-0.2, -0.15) is 10.4 Å². The molecule has 0 radical (unpaired) electrons. The molecule has 5 nitrogen and oxygen atoms in total. The summed E-state index contributed by atoms with van der Waals surface area (Å²) < 4.78 is 2.06. The highest BCUT2D eigenvalue weighted by molar-refractivity contribution is 5.94. The Kier molecular flexibility index (Phi) is 3.74. The predicted octanol–water partition coefficient (Wildman–Crippen LogP) is 6.37. The fourth-order valence-corrected chi connectivity index (χ4v) is 3.49. The minimum atomic E-state index is 0.481. The third-order valence-electron chi connectivity index (χ3n) is 4.72. The summed E-state index contributed by atoms with van der Waals surface area (Å²) in [7, 11) is 0. The van der Waals surface area contributed by atoms with E-state index in [2.05, 4.69) is 25.7 Å². The molecule has 2 aromatic heterocycles. The highest BCUT2D eigenvalue weighted by Crippen LogP contribution is 2.40. The third-order valence-corrected chi connectivity index (χ3v) is 4.72. The van der Waals surface area contributed by atoms with E-state index >= 15 is 0 Å². The summed E-state index contributed by atoms with van der Waals surface area (Å²) in [6, 6.07) is 29.8. The lowest BCUT2D eigenvalue weighted by molar-refractivity contribution is 1.21. The van der Waals surface area contributed by atoms with Gasteiger partial charge in [0.15, 0.2) is 0 Å². The zero-order valence-electron chi connectivity index (χ0n) is 14.9. The molecular formula is C23H15N5. The first kappa shape index (κ1) is 16.0. The quantitative estimate of drug-likeness (QED) is 0.372. The van der Waals surface area contributed by atoms with Crippen molar-refractivity contribution in [2.75, 3.05) is 0 Å². The second-order valence-corrected chi connectivity index (χ2v) is 6.41. The van der Waals surface area contributed by atoms with Gasteiger partial charge in [-0.3, -0.25) is 4.40 Å². The maximum Gasteiger partial charge on any atom is 0.136 e. The van der Waals surface area contributed by atoms with E-state index in [1.165, 1.54) is 0 Å². The molecule has 132 valence electrons. The van der Waals surface area contributed by atoms with E-state index in [0.717, 1.165) is 33.6 Å². The number of hydrogen-bond donors (Lipinski definition) is 1. The van der Waals surface area contributed by atoms with E-state index in [-0.39, 0.29) is 0 Å². The Balaban J connectivity index is 1.86. The number of nitrogens with one attached hydrogen (secondary N) is 1. The van der Waals surface area contributed by atoms with Crippen molar-refractivity contribution in [3.8, 4) is 17.3 Å². The van der Waals surface area contributed by atoms with Gasteiger partial charge in [-0.1, -0.05) is 60.7 Å². The summed E-state index contributed by atoms with van der Waals surface area (Å²) in [5.74, 6) is 0. The molecule has 28 heavy (non-hydrogen) atoms. The maximum atomic E-state index is 9.91. The van der Waals surface area contributed by atoms with Gasteiger partial charge < -0.3 is 4.98 Å². The highest BCUT2D eigenvalue weighted by Gasteiger charge is 2.23. The number of fused-ring (bicyclic) bond motifs is 3. The van der Waals surface area contributed by atoms with E-state index in [9.17, 15) is 5.26 Å². The van der Waals surface area contributed by atoms with E-state index in [1.54, 1.807) is 0 Å². The molecule has 5 rings (SSSR count). The normalized spacial score (nSPS) is 11.4. The number of para-hydroxylation sites is 2. The highest BCUT2D eigenvalue weighted by atomic mass is 15.1. The van der Waals surface area contributed by atoms with Crippen molar-refractivity contribution >= 4 is 28.1 Å². The second kappa shape index (κ2) is 6.53. The first-order valence-corrected chi connectivity index (χ1v) is 8.94. The molecule has 1 N–H and O–H groups in total. The number of aromatic amines is 1. The molecule has 5 heteroatoms. The number of azo groups is 1. The summed E-state index contributed by atoms with van der Waals surface area (Å²) in [5, 5.41) is 18.8. The van der Waals surface area contributed by atoms with Crippen molar-refractivity contribution in [2.24, 2.45) is 10.2 Å². The summed E-state index contributed by atoms with van der Waals surface area (Å²) in [4.78, 5) is 3.37. The standard InChI is InChI=1S/C23H15N5/c24-15-18-21(27-26-17-11-5-2-6-12-17)22(16-9-3-1-4-10-16)28-20-14-8-7-13-19(20)25-23(18)28/h1-14,25H. The van der Waals surface area contributed by atoms with Gasteiger partial charge in [0.25, 0.3) is 0 Å². The number of hydrogen-bond acceptors (Lipinski definition) is 3. The summed E-state index contributed by atoms with van der Waals surface area (Å²) >= 11 is 0. The lowest BCUT2D eigenvalue weighted by atomic mass is 10.1. The van der Waals surface area contributed by atoms with Crippen molar-refractivity contribution in [1.82, 2.24) is 9.38 Å². The molecule has 0 spiro atoms. The Hall–Kier alpha value is -4.17. The van der Waals surface area contributed by atoms with Gasteiger partial charge in [0.1, 0.15) is 23.0 Å². The van der Waals surface area contributed by atoms with Crippen molar-refractivity contribution in [3.05, 3.63) is 90.5 Å². The van der Waals surface area contributed by atoms with Crippen molar-refractivity contribution < 1.29 is 0 Å². The van der Waals surface area contributed by atoms with E-state index in [0.29, 0.717) is 11.3 Å². The Morgan fingerprint density at radius 3 is 2.21 bits per heavy atom. The van der Waals surface area contributed by atoms with Crippen LogP contribution in [0.15, 0.2) is 95.2 Å². The molecule has 5 aromatic rings. The fourth-order valence-electron chi connectivity index (χ4n) is 3.49. The van der Waals surface area contributed by atoms with Crippen LogP contribution in [0.2, 0.25) is 0 Å². The number of nitriles is 1. The van der Waals surface area contributed by atoms with Gasteiger partial charge in [0.2, 0.25) is 0 Å². The molecule has 0 saturated heterocycles. The molecule has 0 saturated carbocycles. The molecular weight excluding hydrogens is 346 g/mol. The molecule has 0 aliphatic heterocycles. The summed E-state index contributed by atoms with van der Waals surface area (Å²) in [6.07, 6.45) is 0. The average Bonchev–Trinajstić information content (AvgIpc) is 3.27. The van der Waals surface area contributed by atoms with Crippen LogP contribution in [-0.4, -0.2) is 9.38 Å². The smallest absolute Gasteiger partial charge is 0.136 e. The maximum absolute atomic E-state index is 9.91. The Bertz CT molecular complexity index is 1350.